The van der Waals surface area contributed by atoms with Crippen LogP contribution in [0.3, 0.4) is 0 Å². The number of alkyl halides is 3. The summed E-state index contributed by atoms with van der Waals surface area (Å²) in [5, 5.41) is 20.5. The molecule has 0 heterocycles. The number of halogens is 3. The number of benzene rings is 2. The van der Waals surface area contributed by atoms with Gasteiger partial charge < -0.3 is 5.32 Å². The summed E-state index contributed by atoms with van der Waals surface area (Å²) in [7, 11) is 0. The maximum absolute atomic E-state index is 12.7. The average molecular weight is 313 g/mol. The van der Waals surface area contributed by atoms with E-state index >= 15 is 0 Å². The molecule has 0 unspecified atom stereocenters. The van der Waals surface area contributed by atoms with Crippen molar-refractivity contribution in [2.75, 3.05) is 5.32 Å². The first kappa shape index (κ1) is 16.1. The van der Waals surface area contributed by atoms with Crippen LogP contribution in [0.2, 0.25) is 0 Å². The van der Waals surface area contributed by atoms with Crippen molar-refractivity contribution in [3.05, 3.63) is 65.2 Å². The van der Waals surface area contributed by atoms with Gasteiger partial charge in [0.25, 0.3) is 0 Å². The van der Waals surface area contributed by atoms with E-state index in [-0.39, 0.29) is 11.3 Å². The Morgan fingerprint density at radius 2 is 1.70 bits per heavy atom. The van der Waals surface area contributed by atoms with Gasteiger partial charge in [-0.2, -0.15) is 23.7 Å². The monoisotopic (exact) mass is 313 g/mol. The lowest BCUT2D eigenvalue weighted by molar-refractivity contribution is -0.137. The van der Waals surface area contributed by atoms with Crippen LogP contribution >= 0.6 is 0 Å². The highest BCUT2D eigenvalue weighted by molar-refractivity contribution is 5.75. The largest absolute Gasteiger partial charge is 0.416 e. The molecule has 0 aromatic heterocycles. The minimum absolute atomic E-state index is 0.0942. The molecule has 0 aliphatic carbocycles. The molecule has 0 spiro atoms. The molecule has 114 valence electrons. The van der Waals surface area contributed by atoms with E-state index < -0.39 is 11.7 Å². The summed E-state index contributed by atoms with van der Waals surface area (Å²) >= 11 is 0. The van der Waals surface area contributed by atoms with Crippen LogP contribution < -0.4 is 5.32 Å². The minimum atomic E-state index is -4.42. The SMILES string of the molecule is N#CC(C#N)=Cc1ccccc1Nc1cccc(C(F)(F)F)c1. The van der Waals surface area contributed by atoms with Crippen molar-refractivity contribution in [2.24, 2.45) is 0 Å². The van der Waals surface area contributed by atoms with Crippen LogP contribution in [0, 0.1) is 22.7 Å². The zero-order chi connectivity index (χ0) is 16.9. The molecular weight excluding hydrogens is 303 g/mol. The van der Waals surface area contributed by atoms with Crippen LogP contribution in [-0.2, 0) is 6.18 Å². The smallest absolute Gasteiger partial charge is 0.355 e. The standard InChI is InChI=1S/C17H10F3N3/c18-17(19,20)14-5-3-6-15(9-14)23-16-7-2-1-4-13(16)8-12(10-21)11-22/h1-9,23H. The van der Waals surface area contributed by atoms with E-state index in [2.05, 4.69) is 5.32 Å². The van der Waals surface area contributed by atoms with Crippen LogP contribution in [0.1, 0.15) is 11.1 Å². The van der Waals surface area contributed by atoms with Crippen LogP contribution in [0.15, 0.2) is 54.1 Å². The van der Waals surface area contributed by atoms with Crippen molar-refractivity contribution < 1.29 is 13.2 Å². The lowest BCUT2D eigenvalue weighted by atomic mass is 10.1. The van der Waals surface area contributed by atoms with Crippen LogP contribution in [0.5, 0.6) is 0 Å². The summed E-state index contributed by atoms with van der Waals surface area (Å²) in [6, 6.07) is 15.0. The predicted molar refractivity (Wildman–Crippen MR) is 80.4 cm³/mol. The van der Waals surface area contributed by atoms with E-state index in [1.807, 2.05) is 0 Å². The number of para-hydroxylation sites is 1. The van der Waals surface area contributed by atoms with Crippen molar-refractivity contribution in [1.82, 2.24) is 0 Å². The molecule has 6 heteroatoms. The number of rotatable bonds is 3. The fourth-order valence-corrected chi connectivity index (χ4v) is 1.91. The molecule has 0 atom stereocenters. The van der Waals surface area contributed by atoms with E-state index in [4.69, 9.17) is 10.5 Å². The molecule has 1 N–H and O–H groups in total. The summed E-state index contributed by atoms with van der Waals surface area (Å²) < 4.78 is 38.2. The van der Waals surface area contributed by atoms with Gasteiger partial charge >= 0.3 is 6.18 Å². The Balaban J connectivity index is 2.38. The first-order valence-corrected chi connectivity index (χ1v) is 6.49. The average Bonchev–Trinajstić information content (AvgIpc) is 2.53. The Morgan fingerprint density at radius 3 is 2.35 bits per heavy atom. The second kappa shape index (κ2) is 6.67. The molecule has 0 bridgehead atoms. The molecule has 3 nitrogen and oxygen atoms in total. The van der Waals surface area contributed by atoms with Gasteiger partial charge in [0.05, 0.1) is 5.56 Å². The predicted octanol–water partition coefficient (Wildman–Crippen LogP) is 4.88. The summed E-state index contributed by atoms with van der Waals surface area (Å²) in [6.07, 6.45) is -3.05. The van der Waals surface area contributed by atoms with Crippen LogP contribution in [0.25, 0.3) is 6.08 Å². The molecule has 0 aliphatic heterocycles. The molecule has 0 amide bonds. The summed E-state index contributed by atoms with van der Waals surface area (Å²) in [5.74, 6) is 0. The van der Waals surface area contributed by atoms with Gasteiger partial charge in [-0.05, 0) is 35.9 Å². The highest BCUT2D eigenvalue weighted by Crippen LogP contribution is 2.32. The van der Waals surface area contributed by atoms with Gasteiger partial charge in [0.1, 0.15) is 17.7 Å². The number of nitrogens with zero attached hydrogens (tertiary/aromatic N) is 2. The normalized spacial score (nSPS) is 10.3. The van der Waals surface area contributed by atoms with Crippen LogP contribution in [0.4, 0.5) is 24.5 Å². The van der Waals surface area contributed by atoms with Crippen molar-refractivity contribution >= 4 is 17.5 Å². The van der Waals surface area contributed by atoms with Crippen molar-refractivity contribution in [3.63, 3.8) is 0 Å². The summed E-state index contributed by atoms with van der Waals surface area (Å²) in [4.78, 5) is 0. The fraction of sp³-hybridized carbons (Fsp3) is 0.0588. The molecule has 2 aromatic carbocycles. The third-order valence-corrected chi connectivity index (χ3v) is 2.97. The van der Waals surface area contributed by atoms with Gasteiger partial charge in [-0.15, -0.1) is 0 Å². The lowest BCUT2D eigenvalue weighted by Crippen LogP contribution is -2.05. The molecule has 0 saturated heterocycles. The number of hydrogen-bond acceptors (Lipinski definition) is 3. The number of nitrogens with one attached hydrogen (secondary N) is 1. The second-order valence-corrected chi connectivity index (χ2v) is 4.57. The Hall–Kier alpha value is -3.25. The molecular formula is C17H10F3N3. The van der Waals surface area contributed by atoms with Crippen molar-refractivity contribution in [1.29, 1.82) is 10.5 Å². The Labute approximate surface area is 130 Å². The molecule has 0 saturated carbocycles. The summed E-state index contributed by atoms with van der Waals surface area (Å²) in [5.41, 5.74) is 0.433. The molecule has 0 fully saturated rings. The first-order valence-electron chi connectivity index (χ1n) is 6.49. The third kappa shape index (κ3) is 4.12. The fourth-order valence-electron chi connectivity index (χ4n) is 1.91. The topological polar surface area (TPSA) is 59.6 Å². The Kier molecular flexibility index (Phi) is 4.68. The molecule has 2 aromatic rings. The zero-order valence-corrected chi connectivity index (χ0v) is 11.7. The van der Waals surface area contributed by atoms with Crippen LogP contribution in [-0.4, -0.2) is 0 Å². The highest BCUT2D eigenvalue weighted by atomic mass is 19.4. The number of anilines is 2. The molecule has 2 rings (SSSR count). The van der Waals surface area contributed by atoms with Gasteiger partial charge in [0.2, 0.25) is 0 Å². The van der Waals surface area contributed by atoms with E-state index in [0.717, 1.165) is 12.1 Å². The van der Waals surface area contributed by atoms with Crippen molar-refractivity contribution in [2.45, 2.75) is 6.18 Å². The van der Waals surface area contributed by atoms with E-state index in [9.17, 15) is 13.2 Å². The number of allylic oxidation sites excluding steroid dienone is 1. The Bertz CT molecular complexity index is 808. The lowest BCUT2D eigenvalue weighted by Gasteiger charge is -2.12. The molecule has 23 heavy (non-hydrogen) atoms. The quantitative estimate of drug-likeness (QED) is 0.822. The zero-order valence-electron chi connectivity index (χ0n) is 11.7. The summed E-state index contributed by atoms with van der Waals surface area (Å²) in [6.45, 7) is 0. The third-order valence-electron chi connectivity index (χ3n) is 2.97. The Morgan fingerprint density at radius 1 is 1.00 bits per heavy atom. The van der Waals surface area contributed by atoms with Crippen molar-refractivity contribution in [3.8, 4) is 12.1 Å². The maximum atomic E-state index is 12.7. The first-order chi connectivity index (χ1) is 10.9. The van der Waals surface area contributed by atoms with Gasteiger partial charge in [0.15, 0.2) is 0 Å². The maximum Gasteiger partial charge on any atom is 0.416 e. The van der Waals surface area contributed by atoms with Gasteiger partial charge in [-0.1, -0.05) is 24.3 Å². The van der Waals surface area contributed by atoms with Gasteiger partial charge in [0, 0.05) is 11.4 Å². The van der Waals surface area contributed by atoms with Gasteiger partial charge in [-0.3, -0.25) is 0 Å². The minimum Gasteiger partial charge on any atom is -0.355 e. The van der Waals surface area contributed by atoms with E-state index in [1.165, 1.54) is 18.2 Å². The molecule has 0 radical (unpaired) electrons. The molecule has 0 aliphatic rings. The number of hydrogen-bond donors (Lipinski definition) is 1. The second-order valence-electron chi connectivity index (χ2n) is 4.57. The number of nitriles is 2. The van der Waals surface area contributed by atoms with Gasteiger partial charge in [-0.25, -0.2) is 0 Å². The van der Waals surface area contributed by atoms with E-state index in [1.54, 1.807) is 36.4 Å². The highest BCUT2D eigenvalue weighted by Gasteiger charge is 2.30. The van der Waals surface area contributed by atoms with E-state index in [0.29, 0.717) is 11.3 Å².